The van der Waals surface area contributed by atoms with Crippen LogP contribution in [0.25, 0.3) is 11.4 Å². The van der Waals surface area contributed by atoms with Gasteiger partial charge in [0, 0.05) is 22.3 Å². The topological polar surface area (TPSA) is 37.8 Å². The largest absolute Gasteiger partial charge is 0.311 e. The Morgan fingerprint density at radius 2 is 1.89 bits per heavy atom. The van der Waals surface area contributed by atoms with E-state index in [1.165, 1.54) is 0 Å². The minimum Gasteiger partial charge on any atom is -0.311 e. The number of benzene rings is 1. The first-order valence-corrected chi connectivity index (χ1v) is 7.29. The number of aromatic nitrogens is 2. The highest BCUT2D eigenvalue weighted by atomic mass is 79.9. The molecule has 0 atom stereocenters. The zero-order valence-corrected chi connectivity index (χ0v) is 12.9. The average Bonchev–Trinajstić information content (AvgIpc) is 2.39. The molecule has 0 saturated carbocycles. The summed E-state index contributed by atoms with van der Waals surface area (Å²) in [5, 5.41) is 3.37. The lowest BCUT2D eigenvalue weighted by atomic mass is 10.2. The van der Waals surface area contributed by atoms with Crippen molar-refractivity contribution in [3.05, 3.63) is 46.2 Å². The summed E-state index contributed by atoms with van der Waals surface area (Å²) in [4.78, 5) is 9.12. The fourth-order valence-corrected chi connectivity index (χ4v) is 2.11. The highest BCUT2D eigenvalue weighted by Gasteiger charge is 2.05. The van der Waals surface area contributed by atoms with Crippen LogP contribution in [0.3, 0.4) is 0 Å². The molecule has 1 aromatic heterocycles. The van der Waals surface area contributed by atoms with E-state index in [4.69, 9.17) is 0 Å². The Bertz CT molecular complexity index is 538. The third-order valence-corrected chi connectivity index (χ3v) is 3.27. The minimum atomic E-state index is 0.792. The molecular formula is C15H18BrN3. The number of rotatable bonds is 5. The number of hydrogen-bond acceptors (Lipinski definition) is 3. The molecule has 2 rings (SSSR count). The number of nitrogens with zero attached hydrogens (tertiary/aromatic N) is 2. The molecule has 0 fully saturated rings. The van der Waals surface area contributed by atoms with Crippen LogP contribution in [-0.4, -0.2) is 16.5 Å². The fourth-order valence-electron chi connectivity index (χ4n) is 1.85. The Morgan fingerprint density at radius 1 is 1.16 bits per heavy atom. The number of halogens is 1. The van der Waals surface area contributed by atoms with Gasteiger partial charge < -0.3 is 5.32 Å². The van der Waals surface area contributed by atoms with Crippen molar-refractivity contribution < 1.29 is 0 Å². The van der Waals surface area contributed by atoms with Crippen LogP contribution in [0.1, 0.15) is 24.7 Å². The van der Waals surface area contributed by atoms with Gasteiger partial charge in [-0.25, -0.2) is 9.97 Å². The molecule has 1 heterocycles. The van der Waals surface area contributed by atoms with Gasteiger partial charge in [-0.2, -0.15) is 0 Å². The standard InChI is InChI=1S/C15H18BrN3/c1-3-8-17-10-14-9-11(2)18-15(19-14)12-4-6-13(16)7-5-12/h4-7,9,17H,3,8,10H2,1-2H3. The van der Waals surface area contributed by atoms with Gasteiger partial charge in [0.15, 0.2) is 5.82 Å². The molecule has 0 radical (unpaired) electrons. The summed E-state index contributed by atoms with van der Waals surface area (Å²) in [7, 11) is 0. The van der Waals surface area contributed by atoms with Gasteiger partial charge in [0.25, 0.3) is 0 Å². The number of hydrogen-bond donors (Lipinski definition) is 1. The normalized spacial score (nSPS) is 10.7. The first-order valence-electron chi connectivity index (χ1n) is 6.50. The van der Waals surface area contributed by atoms with Crippen LogP contribution in [-0.2, 0) is 6.54 Å². The van der Waals surface area contributed by atoms with E-state index >= 15 is 0 Å². The second kappa shape index (κ2) is 6.78. The van der Waals surface area contributed by atoms with Crippen LogP contribution in [0.5, 0.6) is 0 Å². The molecule has 0 bridgehead atoms. The molecule has 0 aliphatic rings. The molecule has 4 heteroatoms. The molecule has 2 aromatic rings. The van der Waals surface area contributed by atoms with Crippen LogP contribution in [0.4, 0.5) is 0 Å². The molecular weight excluding hydrogens is 302 g/mol. The summed E-state index contributed by atoms with van der Waals surface area (Å²) in [5.74, 6) is 0.792. The van der Waals surface area contributed by atoms with Crippen LogP contribution in [0, 0.1) is 6.92 Å². The fraction of sp³-hybridized carbons (Fsp3) is 0.333. The van der Waals surface area contributed by atoms with Gasteiger partial charge in [0.05, 0.1) is 5.69 Å². The lowest BCUT2D eigenvalue weighted by molar-refractivity contribution is 0.662. The monoisotopic (exact) mass is 319 g/mol. The quantitative estimate of drug-likeness (QED) is 0.854. The Kier molecular flexibility index (Phi) is 5.05. The summed E-state index contributed by atoms with van der Waals surface area (Å²) in [6.07, 6.45) is 1.13. The van der Waals surface area contributed by atoms with Crippen LogP contribution < -0.4 is 5.32 Å². The maximum Gasteiger partial charge on any atom is 0.159 e. The van der Waals surface area contributed by atoms with Crippen molar-refractivity contribution >= 4 is 15.9 Å². The lowest BCUT2D eigenvalue weighted by Gasteiger charge is -2.07. The smallest absolute Gasteiger partial charge is 0.159 e. The van der Waals surface area contributed by atoms with Crippen molar-refractivity contribution in [2.75, 3.05) is 6.54 Å². The molecule has 0 unspecified atom stereocenters. The Morgan fingerprint density at radius 3 is 2.58 bits per heavy atom. The van der Waals surface area contributed by atoms with Gasteiger partial charge in [0.1, 0.15) is 0 Å². The first-order chi connectivity index (χ1) is 9.19. The third kappa shape index (κ3) is 4.11. The van der Waals surface area contributed by atoms with Gasteiger partial charge in [0.2, 0.25) is 0 Å². The number of nitrogens with one attached hydrogen (secondary N) is 1. The third-order valence-electron chi connectivity index (χ3n) is 2.74. The molecule has 0 amide bonds. The summed E-state index contributed by atoms with van der Waals surface area (Å²) in [6.45, 7) is 5.97. The molecule has 19 heavy (non-hydrogen) atoms. The summed E-state index contributed by atoms with van der Waals surface area (Å²) >= 11 is 3.44. The summed E-state index contributed by atoms with van der Waals surface area (Å²) in [5.41, 5.74) is 3.09. The molecule has 0 saturated heterocycles. The highest BCUT2D eigenvalue weighted by Crippen LogP contribution is 2.19. The molecule has 0 aliphatic carbocycles. The van der Waals surface area contributed by atoms with Gasteiger partial charge in [-0.1, -0.05) is 35.0 Å². The zero-order chi connectivity index (χ0) is 13.7. The van der Waals surface area contributed by atoms with Crippen molar-refractivity contribution in [3.63, 3.8) is 0 Å². The summed E-state index contributed by atoms with van der Waals surface area (Å²) in [6, 6.07) is 10.1. The van der Waals surface area contributed by atoms with Crippen molar-refractivity contribution in [2.45, 2.75) is 26.8 Å². The Hall–Kier alpha value is -1.26. The molecule has 3 nitrogen and oxygen atoms in total. The maximum absolute atomic E-state index is 4.62. The average molecular weight is 320 g/mol. The molecule has 1 aromatic carbocycles. The van der Waals surface area contributed by atoms with Crippen molar-refractivity contribution in [2.24, 2.45) is 0 Å². The van der Waals surface area contributed by atoms with E-state index in [9.17, 15) is 0 Å². The van der Waals surface area contributed by atoms with E-state index in [2.05, 4.69) is 38.1 Å². The molecule has 0 aliphatic heterocycles. The van der Waals surface area contributed by atoms with E-state index < -0.39 is 0 Å². The minimum absolute atomic E-state index is 0.792. The van der Waals surface area contributed by atoms with E-state index in [0.29, 0.717) is 0 Å². The van der Waals surface area contributed by atoms with Crippen molar-refractivity contribution in [3.8, 4) is 11.4 Å². The van der Waals surface area contributed by atoms with E-state index in [-0.39, 0.29) is 0 Å². The molecule has 1 N–H and O–H groups in total. The van der Waals surface area contributed by atoms with Crippen molar-refractivity contribution in [1.82, 2.24) is 15.3 Å². The molecule has 0 spiro atoms. The Balaban J connectivity index is 2.23. The maximum atomic E-state index is 4.62. The van der Waals surface area contributed by atoms with Crippen molar-refractivity contribution in [1.29, 1.82) is 0 Å². The SMILES string of the molecule is CCCNCc1cc(C)nc(-c2ccc(Br)cc2)n1. The van der Waals surface area contributed by atoms with E-state index in [1.807, 2.05) is 37.3 Å². The van der Waals surface area contributed by atoms with Crippen LogP contribution in [0.15, 0.2) is 34.8 Å². The predicted molar refractivity (Wildman–Crippen MR) is 81.9 cm³/mol. The second-order valence-corrected chi connectivity index (χ2v) is 5.42. The lowest BCUT2D eigenvalue weighted by Crippen LogP contribution is -2.15. The van der Waals surface area contributed by atoms with E-state index in [0.717, 1.165) is 46.8 Å². The first kappa shape index (κ1) is 14.2. The highest BCUT2D eigenvalue weighted by molar-refractivity contribution is 9.10. The van der Waals surface area contributed by atoms with Gasteiger partial charge >= 0.3 is 0 Å². The number of aryl methyl sites for hydroxylation is 1. The van der Waals surface area contributed by atoms with Gasteiger partial charge in [-0.15, -0.1) is 0 Å². The zero-order valence-electron chi connectivity index (χ0n) is 11.3. The Labute approximate surface area is 122 Å². The summed E-state index contributed by atoms with van der Waals surface area (Å²) < 4.78 is 1.06. The molecule has 100 valence electrons. The van der Waals surface area contributed by atoms with E-state index in [1.54, 1.807) is 0 Å². The van der Waals surface area contributed by atoms with Gasteiger partial charge in [-0.3, -0.25) is 0 Å². The van der Waals surface area contributed by atoms with Gasteiger partial charge in [-0.05, 0) is 38.1 Å². The second-order valence-electron chi connectivity index (χ2n) is 4.51. The van der Waals surface area contributed by atoms with Crippen LogP contribution >= 0.6 is 15.9 Å². The predicted octanol–water partition coefficient (Wildman–Crippen LogP) is 3.71. The van der Waals surface area contributed by atoms with Crippen LogP contribution in [0.2, 0.25) is 0 Å².